The molecular weight excluding hydrogens is 307 g/mol. The van der Waals surface area contributed by atoms with Gasteiger partial charge in [-0.05, 0) is 37.1 Å². The summed E-state index contributed by atoms with van der Waals surface area (Å²) in [6, 6.07) is 12.0. The summed E-state index contributed by atoms with van der Waals surface area (Å²) < 4.78 is 15.8. The van der Waals surface area contributed by atoms with Gasteiger partial charge in [0.05, 0.1) is 5.56 Å². The van der Waals surface area contributed by atoms with Crippen molar-refractivity contribution < 1.29 is 9.18 Å². The van der Waals surface area contributed by atoms with Crippen molar-refractivity contribution in [3.63, 3.8) is 0 Å². The predicted molar refractivity (Wildman–Crippen MR) is 87.3 cm³/mol. The highest BCUT2D eigenvalue weighted by Crippen LogP contribution is 2.28. The number of hydrogen-bond acceptors (Lipinski definition) is 3. The van der Waals surface area contributed by atoms with E-state index < -0.39 is 5.82 Å². The highest BCUT2D eigenvalue weighted by molar-refractivity contribution is 5.94. The summed E-state index contributed by atoms with van der Waals surface area (Å²) in [6.45, 7) is 1.19. The number of carbonyl (C=O) groups is 1. The van der Waals surface area contributed by atoms with Gasteiger partial charge in [0.1, 0.15) is 11.6 Å². The first-order chi connectivity index (χ1) is 11.7. The molecule has 3 heterocycles. The Labute approximate surface area is 138 Å². The van der Waals surface area contributed by atoms with Crippen LogP contribution in [-0.4, -0.2) is 38.5 Å². The summed E-state index contributed by atoms with van der Waals surface area (Å²) in [7, 11) is 0. The van der Waals surface area contributed by atoms with Crippen LogP contribution >= 0.6 is 0 Å². The molecule has 5 nitrogen and oxygen atoms in total. The number of fused-ring (bicyclic) bond motifs is 1. The lowest BCUT2D eigenvalue weighted by Gasteiger charge is -2.31. The normalized spacial score (nSPS) is 15.8. The maximum absolute atomic E-state index is 13.8. The van der Waals surface area contributed by atoms with Crippen molar-refractivity contribution in [1.82, 2.24) is 19.5 Å². The number of likely N-dealkylation sites (tertiary alicyclic amines) is 1. The topological polar surface area (TPSA) is 50.5 Å². The highest BCUT2D eigenvalue weighted by atomic mass is 19.1. The van der Waals surface area contributed by atoms with E-state index in [9.17, 15) is 9.18 Å². The number of carbonyl (C=O) groups excluding carboxylic acids is 1. The molecule has 122 valence electrons. The Morgan fingerprint density at radius 1 is 1.04 bits per heavy atom. The molecule has 1 aliphatic rings. The molecule has 1 aromatic carbocycles. The first-order valence-electron chi connectivity index (χ1n) is 8.07. The minimum atomic E-state index is -0.465. The Hall–Kier alpha value is -2.76. The zero-order valence-electron chi connectivity index (χ0n) is 13.1. The Balaban J connectivity index is 1.49. The molecule has 0 N–H and O–H groups in total. The fraction of sp³-hybridized carbons (Fsp3) is 0.278. The Morgan fingerprint density at radius 3 is 2.58 bits per heavy atom. The van der Waals surface area contributed by atoms with E-state index in [4.69, 9.17) is 0 Å². The minimum absolute atomic E-state index is 0.142. The van der Waals surface area contributed by atoms with Gasteiger partial charge >= 0.3 is 0 Å². The van der Waals surface area contributed by atoms with Gasteiger partial charge in [0.25, 0.3) is 5.91 Å². The van der Waals surface area contributed by atoms with Crippen LogP contribution in [0, 0.1) is 5.82 Å². The van der Waals surface area contributed by atoms with Crippen molar-refractivity contribution in [2.45, 2.75) is 18.8 Å². The van der Waals surface area contributed by atoms with E-state index in [2.05, 4.69) is 10.2 Å². The van der Waals surface area contributed by atoms with Gasteiger partial charge in [-0.2, -0.15) is 0 Å². The first-order valence-corrected chi connectivity index (χ1v) is 8.07. The Bertz CT molecular complexity index is 883. The van der Waals surface area contributed by atoms with Gasteiger partial charge in [-0.3, -0.25) is 9.20 Å². The number of amides is 1. The Kier molecular flexibility index (Phi) is 3.72. The summed E-state index contributed by atoms with van der Waals surface area (Å²) in [5.74, 6) is 0.487. The van der Waals surface area contributed by atoms with Crippen molar-refractivity contribution >= 4 is 11.6 Å². The third-order valence-electron chi connectivity index (χ3n) is 4.59. The van der Waals surface area contributed by atoms with Crippen molar-refractivity contribution in [2.24, 2.45) is 0 Å². The molecule has 1 amide bonds. The van der Waals surface area contributed by atoms with E-state index in [0.29, 0.717) is 13.1 Å². The number of halogens is 1. The van der Waals surface area contributed by atoms with Crippen LogP contribution in [0.15, 0.2) is 48.7 Å². The van der Waals surface area contributed by atoms with Gasteiger partial charge < -0.3 is 4.90 Å². The second-order valence-electron chi connectivity index (χ2n) is 6.03. The SMILES string of the molecule is O=C(c1ccccc1F)N1CCC(c2nnc3ccccn23)CC1. The first kappa shape index (κ1) is 14.8. The largest absolute Gasteiger partial charge is 0.339 e. The number of piperidine rings is 1. The summed E-state index contributed by atoms with van der Waals surface area (Å²) >= 11 is 0. The third-order valence-corrected chi connectivity index (χ3v) is 4.59. The molecule has 1 saturated heterocycles. The molecular formula is C18H17FN4O. The van der Waals surface area contributed by atoms with Crippen LogP contribution < -0.4 is 0 Å². The molecule has 2 aromatic heterocycles. The molecule has 24 heavy (non-hydrogen) atoms. The summed E-state index contributed by atoms with van der Waals surface area (Å²) in [6.07, 6.45) is 3.56. The molecule has 0 atom stereocenters. The number of aromatic nitrogens is 3. The van der Waals surface area contributed by atoms with Gasteiger partial charge in [0.15, 0.2) is 5.65 Å². The highest BCUT2D eigenvalue weighted by Gasteiger charge is 2.28. The molecule has 3 aromatic rings. The maximum atomic E-state index is 13.8. The maximum Gasteiger partial charge on any atom is 0.256 e. The fourth-order valence-electron chi connectivity index (χ4n) is 3.28. The third kappa shape index (κ3) is 2.54. The number of rotatable bonds is 2. The van der Waals surface area contributed by atoms with Crippen LogP contribution in [0.3, 0.4) is 0 Å². The van der Waals surface area contributed by atoms with Crippen LogP contribution in [0.25, 0.3) is 5.65 Å². The monoisotopic (exact) mass is 324 g/mol. The predicted octanol–water partition coefficient (Wildman–Crippen LogP) is 2.89. The van der Waals surface area contributed by atoms with Gasteiger partial charge in [0, 0.05) is 25.2 Å². The van der Waals surface area contributed by atoms with Crippen molar-refractivity contribution in [3.8, 4) is 0 Å². The molecule has 1 fully saturated rings. The van der Waals surface area contributed by atoms with Gasteiger partial charge in [-0.1, -0.05) is 18.2 Å². The Morgan fingerprint density at radius 2 is 1.79 bits per heavy atom. The van der Waals surface area contributed by atoms with Crippen molar-refractivity contribution in [1.29, 1.82) is 0 Å². The number of pyridine rings is 1. The average molecular weight is 324 g/mol. The van der Waals surface area contributed by atoms with Crippen LogP contribution in [0.2, 0.25) is 0 Å². The second kappa shape index (κ2) is 6.03. The van der Waals surface area contributed by atoms with E-state index in [-0.39, 0.29) is 17.4 Å². The smallest absolute Gasteiger partial charge is 0.256 e. The summed E-state index contributed by atoms with van der Waals surface area (Å²) in [4.78, 5) is 14.2. The lowest BCUT2D eigenvalue weighted by molar-refractivity contribution is 0.0706. The van der Waals surface area contributed by atoms with E-state index >= 15 is 0 Å². The number of benzene rings is 1. The molecule has 0 spiro atoms. The molecule has 0 aliphatic carbocycles. The molecule has 0 unspecified atom stereocenters. The lowest BCUT2D eigenvalue weighted by atomic mass is 9.95. The van der Waals surface area contributed by atoms with Crippen LogP contribution in [0.5, 0.6) is 0 Å². The average Bonchev–Trinajstić information content (AvgIpc) is 3.06. The zero-order chi connectivity index (χ0) is 16.5. The molecule has 0 radical (unpaired) electrons. The van der Waals surface area contributed by atoms with Crippen molar-refractivity contribution in [2.75, 3.05) is 13.1 Å². The fourth-order valence-corrected chi connectivity index (χ4v) is 3.28. The van der Waals surface area contributed by atoms with E-state index in [0.717, 1.165) is 24.3 Å². The van der Waals surface area contributed by atoms with Crippen LogP contribution in [0.1, 0.15) is 34.9 Å². The van der Waals surface area contributed by atoms with Crippen molar-refractivity contribution in [3.05, 3.63) is 65.9 Å². The van der Waals surface area contributed by atoms with E-state index in [1.165, 1.54) is 12.1 Å². The van der Waals surface area contributed by atoms with Gasteiger partial charge in [-0.15, -0.1) is 10.2 Å². The molecule has 6 heteroatoms. The zero-order valence-corrected chi connectivity index (χ0v) is 13.1. The van der Waals surface area contributed by atoms with E-state index in [1.807, 2.05) is 28.8 Å². The molecule has 0 bridgehead atoms. The molecule has 0 saturated carbocycles. The number of nitrogens with zero attached hydrogens (tertiary/aromatic N) is 4. The van der Waals surface area contributed by atoms with Crippen LogP contribution in [0.4, 0.5) is 4.39 Å². The number of hydrogen-bond donors (Lipinski definition) is 0. The summed E-state index contributed by atoms with van der Waals surface area (Å²) in [5.41, 5.74) is 0.973. The standard InChI is InChI=1S/C18H17FN4O/c19-15-6-2-1-5-14(15)18(24)22-11-8-13(9-12-22)17-21-20-16-7-3-4-10-23(16)17/h1-7,10,13H,8-9,11-12H2. The molecule has 1 aliphatic heterocycles. The lowest BCUT2D eigenvalue weighted by Crippen LogP contribution is -2.38. The van der Waals surface area contributed by atoms with Gasteiger partial charge in [-0.25, -0.2) is 4.39 Å². The van der Waals surface area contributed by atoms with E-state index in [1.54, 1.807) is 17.0 Å². The second-order valence-corrected chi connectivity index (χ2v) is 6.03. The quantitative estimate of drug-likeness (QED) is 0.728. The minimum Gasteiger partial charge on any atom is -0.339 e. The van der Waals surface area contributed by atoms with Gasteiger partial charge in [0.2, 0.25) is 0 Å². The molecule has 4 rings (SSSR count). The summed E-state index contributed by atoms with van der Waals surface area (Å²) in [5, 5.41) is 8.50. The van der Waals surface area contributed by atoms with Crippen LogP contribution in [-0.2, 0) is 0 Å².